The minimum absolute atomic E-state index is 0.0980. The van der Waals surface area contributed by atoms with Crippen molar-refractivity contribution in [1.29, 1.82) is 0 Å². The first kappa shape index (κ1) is 12.1. The molecule has 4 rings (SSSR count). The first-order valence-electron chi connectivity index (χ1n) is 7.04. The molecular weight excluding hydrogens is 260 g/mol. The molecule has 0 saturated carbocycles. The number of hydrogen-bond acceptors (Lipinski definition) is 2. The topological polar surface area (TPSA) is 32.7 Å². The van der Waals surface area contributed by atoms with E-state index in [1.165, 1.54) is 16.3 Å². The number of amidine groups is 1. The first-order valence-corrected chi connectivity index (χ1v) is 7.04. The molecule has 2 aromatic carbocycles. The predicted molar refractivity (Wildman–Crippen MR) is 83.9 cm³/mol. The fourth-order valence-corrected chi connectivity index (χ4v) is 3.00. The third kappa shape index (κ3) is 2.07. The molecule has 3 heteroatoms. The molecule has 0 aliphatic carbocycles. The Morgan fingerprint density at radius 2 is 1.81 bits per heavy atom. The molecule has 0 atom stereocenters. The first-order chi connectivity index (χ1) is 10.3. The van der Waals surface area contributed by atoms with E-state index in [4.69, 9.17) is 0 Å². The Kier molecular flexibility index (Phi) is 2.71. The molecule has 0 unspecified atom stereocenters. The van der Waals surface area contributed by atoms with Gasteiger partial charge in [0.15, 0.2) is 0 Å². The number of hydrogen-bond donors (Lipinski definition) is 0. The molecule has 2 heterocycles. The lowest BCUT2D eigenvalue weighted by atomic mass is 9.97. The maximum atomic E-state index is 12.2. The van der Waals surface area contributed by atoms with Crippen LogP contribution in [0.5, 0.6) is 0 Å². The van der Waals surface area contributed by atoms with Gasteiger partial charge in [0, 0.05) is 12.7 Å². The summed E-state index contributed by atoms with van der Waals surface area (Å²) < 4.78 is 0. The molecule has 3 nitrogen and oxygen atoms in total. The van der Waals surface area contributed by atoms with Crippen molar-refractivity contribution < 1.29 is 4.79 Å². The molecule has 2 aliphatic heterocycles. The Labute approximate surface area is 122 Å². The standard InChI is InChI=1S/C18H14N2O/c21-17-11-14-7-3-5-13-6-4-8-15(18(13)14)12-20-10-2-1-9-16(20)19-17/h1-10H,11-12H2. The highest BCUT2D eigenvalue weighted by Crippen LogP contribution is 2.26. The van der Waals surface area contributed by atoms with Crippen LogP contribution >= 0.6 is 0 Å². The summed E-state index contributed by atoms with van der Waals surface area (Å²) in [7, 11) is 0. The molecule has 0 aromatic heterocycles. The lowest BCUT2D eigenvalue weighted by Crippen LogP contribution is -2.25. The van der Waals surface area contributed by atoms with Crippen LogP contribution < -0.4 is 0 Å². The van der Waals surface area contributed by atoms with Gasteiger partial charge in [-0.1, -0.05) is 42.5 Å². The molecular formula is C18H14N2O. The van der Waals surface area contributed by atoms with Crippen LogP contribution in [0.25, 0.3) is 10.8 Å². The molecule has 0 radical (unpaired) electrons. The number of benzene rings is 2. The second-order valence-corrected chi connectivity index (χ2v) is 5.30. The highest BCUT2D eigenvalue weighted by Gasteiger charge is 2.17. The van der Waals surface area contributed by atoms with Crippen molar-refractivity contribution in [3.8, 4) is 0 Å². The van der Waals surface area contributed by atoms with Crippen LogP contribution in [0.4, 0.5) is 0 Å². The van der Waals surface area contributed by atoms with Crippen LogP contribution in [0, 0.1) is 0 Å². The Hall–Kier alpha value is -2.68. The fraction of sp³-hybridized carbons (Fsp3) is 0.111. The van der Waals surface area contributed by atoms with Crippen LogP contribution in [0.1, 0.15) is 11.1 Å². The monoisotopic (exact) mass is 274 g/mol. The summed E-state index contributed by atoms with van der Waals surface area (Å²) in [6, 6.07) is 12.4. The highest BCUT2D eigenvalue weighted by atomic mass is 16.1. The molecule has 2 aromatic rings. The molecule has 21 heavy (non-hydrogen) atoms. The normalized spacial score (nSPS) is 17.0. The second-order valence-electron chi connectivity index (χ2n) is 5.30. The molecule has 0 N–H and O–H groups in total. The Bertz CT molecular complexity index is 825. The molecule has 1 amide bonds. The van der Waals surface area contributed by atoms with Crippen molar-refractivity contribution in [2.75, 3.05) is 0 Å². The predicted octanol–water partition coefficient (Wildman–Crippen LogP) is 3.21. The number of carbonyl (C=O) groups is 1. The molecule has 102 valence electrons. The van der Waals surface area contributed by atoms with E-state index in [1.807, 2.05) is 41.5 Å². The van der Waals surface area contributed by atoms with Gasteiger partial charge < -0.3 is 4.90 Å². The van der Waals surface area contributed by atoms with Crippen molar-refractivity contribution in [3.05, 3.63) is 72.0 Å². The van der Waals surface area contributed by atoms with E-state index < -0.39 is 0 Å². The molecule has 0 saturated heterocycles. The Balaban J connectivity index is 1.97. The van der Waals surface area contributed by atoms with E-state index in [9.17, 15) is 4.79 Å². The van der Waals surface area contributed by atoms with Gasteiger partial charge in [0.25, 0.3) is 5.91 Å². The minimum Gasteiger partial charge on any atom is -0.328 e. The summed E-state index contributed by atoms with van der Waals surface area (Å²) in [4.78, 5) is 18.5. The average Bonchev–Trinajstić information content (AvgIpc) is 2.54. The van der Waals surface area contributed by atoms with Crippen LogP contribution in [0.3, 0.4) is 0 Å². The van der Waals surface area contributed by atoms with Crippen molar-refractivity contribution in [3.63, 3.8) is 0 Å². The van der Waals surface area contributed by atoms with Gasteiger partial charge in [-0.05, 0) is 34.1 Å². The van der Waals surface area contributed by atoms with Crippen molar-refractivity contribution in [2.45, 2.75) is 13.0 Å². The smallest absolute Gasteiger partial charge is 0.252 e. The molecule has 0 spiro atoms. The van der Waals surface area contributed by atoms with E-state index in [0.29, 0.717) is 12.3 Å². The van der Waals surface area contributed by atoms with Gasteiger partial charge in [0.05, 0.1) is 6.42 Å². The molecule has 2 aliphatic rings. The fourth-order valence-electron chi connectivity index (χ4n) is 3.00. The maximum Gasteiger partial charge on any atom is 0.252 e. The number of allylic oxidation sites excluding steroid dienone is 2. The van der Waals surface area contributed by atoms with Crippen LogP contribution in [0.2, 0.25) is 0 Å². The second kappa shape index (κ2) is 4.70. The SMILES string of the molecule is O=C1Cc2cccc3cccc(c23)CN2C=CC=CC2=N1. The van der Waals surface area contributed by atoms with Crippen molar-refractivity contribution in [2.24, 2.45) is 4.99 Å². The molecule has 0 fully saturated rings. The lowest BCUT2D eigenvalue weighted by molar-refractivity contribution is -0.117. The minimum atomic E-state index is -0.0980. The number of amides is 1. The van der Waals surface area contributed by atoms with Crippen molar-refractivity contribution >= 4 is 22.5 Å². The Morgan fingerprint density at radius 1 is 1.00 bits per heavy atom. The van der Waals surface area contributed by atoms with Crippen molar-refractivity contribution in [1.82, 2.24) is 4.90 Å². The van der Waals surface area contributed by atoms with Gasteiger partial charge in [-0.25, -0.2) is 0 Å². The number of aliphatic imine (C=N–C) groups is 1. The van der Waals surface area contributed by atoms with Gasteiger partial charge in [-0.3, -0.25) is 4.79 Å². The zero-order chi connectivity index (χ0) is 14.2. The molecule has 0 bridgehead atoms. The summed E-state index contributed by atoms with van der Waals surface area (Å²) in [5.41, 5.74) is 2.29. The average molecular weight is 274 g/mol. The summed E-state index contributed by atoms with van der Waals surface area (Å²) in [6.07, 6.45) is 8.08. The summed E-state index contributed by atoms with van der Waals surface area (Å²) in [5, 5.41) is 2.37. The van der Waals surface area contributed by atoms with Crippen LogP contribution in [0.15, 0.2) is 65.8 Å². The van der Waals surface area contributed by atoms with E-state index in [0.717, 1.165) is 12.1 Å². The van der Waals surface area contributed by atoms with E-state index in [1.54, 1.807) is 0 Å². The van der Waals surface area contributed by atoms with Gasteiger partial charge in [-0.2, -0.15) is 4.99 Å². The zero-order valence-electron chi connectivity index (χ0n) is 11.5. The Morgan fingerprint density at radius 3 is 2.67 bits per heavy atom. The van der Waals surface area contributed by atoms with Gasteiger partial charge >= 0.3 is 0 Å². The number of nitrogens with zero attached hydrogens (tertiary/aromatic N) is 2. The van der Waals surface area contributed by atoms with E-state index in [-0.39, 0.29) is 5.91 Å². The quantitative estimate of drug-likeness (QED) is 0.739. The third-order valence-electron chi connectivity index (χ3n) is 3.92. The number of fused-ring (bicyclic) bond motifs is 1. The highest BCUT2D eigenvalue weighted by molar-refractivity contribution is 6.04. The third-order valence-corrected chi connectivity index (χ3v) is 3.92. The van der Waals surface area contributed by atoms with Gasteiger partial charge in [0.2, 0.25) is 0 Å². The van der Waals surface area contributed by atoms with Gasteiger partial charge in [-0.15, -0.1) is 0 Å². The van der Waals surface area contributed by atoms with E-state index >= 15 is 0 Å². The zero-order valence-corrected chi connectivity index (χ0v) is 11.5. The number of rotatable bonds is 0. The van der Waals surface area contributed by atoms with Crippen LogP contribution in [-0.4, -0.2) is 16.6 Å². The maximum absolute atomic E-state index is 12.2. The van der Waals surface area contributed by atoms with E-state index in [2.05, 4.69) is 29.3 Å². The largest absolute Gasteiger partial charge is 0.328 e. The number of carbonyl (C=O) groups excluding carboxylic acids is 1. The van der Waals surface area contributed by atoms with Crippen LogP contribution in [-0.2, 0) is 17.8 Å². The summed E-state index contributed by atoms with van der Waals surface area (Å²) in [6.45, 7) is 0.724. The summed E-state index contributed by atoms with van der Waals surface area (Å²) >= 11 is 0. The lowest BCUT2D eigenvalue weighted by Gasteiger charge is -2.22. The summed E-state index contributed by atoms with van der Waals surface area (Å²) in [5.74, 6) is 0.617. The van der Waals surface area contributed by atoms with Gasteiger partial charge in [0.1, 0.15) is 5.84 Å².